The molecular formula is C20H21F2N3OS. The highest BCUT2D eigenvalue weighted by molar-refractivity contribution is 7.22. The first kappa shape index (κ1) is 19.4. The zero-order valence-electron chi connectivity index (χ0n) is 15.3. The molecule has 4 nitrogen and oxygen atoms in total. The number of fused-ring (bicyclic) bond motifs is 1. The van der Waals surface area contributed by atoms with Gasteiger partial charge in [0.15, 0.2) is 5.13 Å². The highest BCUT2D eigenvalue weighted by atomic mass is 32.1. The lowest BCUT2D eigenvalue weighted by molar-refractivity contribution is 0.0975. The molecule has 0 spiro atoms. The van der Waals surface area contributed by atoms with Crippen molar-refractivity contribution in [2.75, 3.05) is 31.1 Å². The summed E-state index contributed by atoms with van der Waals surface area (Å²) in [5.74, 6) is -2.44. The van der Waals surface area contributed by atoms with Gasteiger partial charge in [0.05, 0.1) is 10.2 Å². The van der Waals surface area contributed by atoms with E-state index < -0.39 is 23.1 Å². The zero-order chi connectivity index (χ0) is 19.4. The topological polar surface area (TPSA) is 36.4 Å². The molecule has 0 aliphatic carbocycles. The van der Waals surface area contributed by atoms with Gasteiger partial charge in [-0.05, 0) is 37.4 Å². The molecule has 0 N–H and O–H groups in total. The minimum Gasteiger partial charge on any atom is -0.302 e. The van der Waals surface area contributed by atoms with E-state index in [1.54, 1.807) is 0 Å². The van der Waals surface area contributed by atoms with Crippen LogP contribution in [-0.4, -0.2) is 42.0 Å². The number of halogens is 2. The monoisotopic (exact) mass is 389 g/mol. The van der Waals surface area contributed by atoms with E-state index in [2.05, 4.69) is 9.88 Å². The van der Waals surface area contributed by atoms with Gasteiger partial charge in [-0.15, -0.1) is 0 Å². The highest BCUT2D eigenvalue weighted by Gasteiger charge is 2.26. The molecular weight excluding hydrogens is 368 g/mol. The third kappa shape index (κ3) is 4.14. The molecule has 1 heterocycles. The molecule has 27 heavy (non-hydrogen) atoms. The Morgan fingerprint density at radius 1 is 1.00 bits per heavy atom. The molecule has 142 valence electrons. The lowest BCUT2D eigenvalue weighted by Gasteiger charge is -2.25. The summed E-state index contributed by atoms with van der Waals surface area (Å²) < 4.78 is 29.3. The highest BCUT2D eigenvalue weighted by Crippen LogP contribution is 2.30. The second kappa shape index (κ2) is 8.54. The molecule has 0 aliphatic heterocycles. The van der Waals surface area contributed by atoms with Crippen LogP contribution in [0.3, 0.4) is 0 Å². The fraction of sp³-hybridized carbons (Fsp3) is 0.300. The summed E-state index contributed by atoms with van der Waals surface area (Å²) in [6.45, 7) is 6.60. The van der Waals surface area contributed by atoms with Gasteiger partial charge in [-0.1, -0.05) is 43.4 Å². The van der Waals surface area contributed by atoms with E-state index in [9.17, 15) is 13.6 Å². The largest absolute Gasteiger partial charge is 0.302 e. The number of aromatic nitrogens is 1. The first-order valence-electron chi connectivity index (χ1n) is 8.89. The van der Waals surface area contributed by atoms with Crippen molar-refractivity contribution in [2.45, 2.75) is 13.8 Å². The first-order chi connectivity index (χ1) is 13.0. The SMILES string of the molecule is CCN(CC)CCN(C(=O)c1c(F)cccc1F)c1nc2ccccc2s1. The number of likely N-dealkylation sites (N-methyl/N-ethyl adjacent to an activating group) is 1. The molecule has 0 unspecified atom stereocenters. The second-order valence-electron chi connectivity index (χ2n) is 6.04. The molecule has 0 aliphatic rings. The lowest BCUT2D eigenvalue weighted by atomic mass is 10.1. The van der Waals surface area contributed by atoms with E-state index >= 15 is 0 Å². The van der Waals surface area contributed by atoms with Crippen LogP contribution < -0.4 is 4.90 Å². The minimum absolute atomic E-state index is 0.300. The molecule has 3 rings (SSSR count). The number of carbonyl (C=O) groups is 1. The maximum Gasteiger partial charge on any atom is 0.266 e. The predicted molar refractivity (Wildman–Crippen MR) is 105 cm³/mol. The Kier molecular flexibility index (Phi) is 6.13. The summed E-state index contributed by atoms with van der Waals surface area (Å²) in [4.78, 5) is 21.1. The van der Waals surface area contributed by atoms with Crippen LogP contribution >= 0.6 is 11.3 Å². The average molecular weight is 389 g/mol. The third-order valence-corrected chi connectivity index (χ3v) is 5.53. The molecule has 1 aromatic heterocycles. The van der Waals surface area contributed by atoms with Crippen LogP contribution in [0.25, 0.3) is 10.2 Å². The molecule has 2 aromatic carbocycles. The van der Waals surface area contributed by atoms with Crippen LogP contribution in [0, 0.1) is 11.6 Å². The van der Waals surface area contributed by atoms with E-state index in [4.69, 9.17) is 0 Å². The van der Waals surface area contributed by atoms with Crippen molar-refractivity contribution in [3.63, 3.8) is 0 Å². The molecule has 7 heteroatoms. The Labute approximate surface area is 161 Å². The van der Waals surface area contributed by atoms with Gasteiger partial charge in [0.2, 0.25) is 0 Å². The predicted octanol–water partition coefficient (Wildman–Crippen LogP) is 4.56. The number of amides is 1. The van der Waals surface area contributed by atoms with Gasteiger partial charge in [-0.25, -0.2) is 13.8 Å². The van der Waals surface area contributed by atoms with Crippen molar-refractivity contribution in [2.24, 2.45) is 0 Å². The van der Waals surface area contributed by atoms with Crippen molar-refractivity contribution >= 4 is 32.6 Å². The van der Waals surface area contributed by atoms with Gasteiger partial charge >= 0.3 is 0 Å². The molecule has 0 saturated carbocycles. The van der Waals surface area contributed by atoms with E-state index in [0.717, 1.165) is 35.4 Å². The molecule has 0 saturated heterocycles. The number of nitrogens with zero attached hydrogens (tertiary/aromatic N) is 3. The fourth-order valence-corrected chi connectivity index (χ4v) is 3.87. The first-order valence-corrected chi connectivity index (χ1v) is 9.70. The molecule has 0 radical (unpaired) electrons. The van der Waals surface area contributed by atoms with Gasteiger partial charge in [0, 0.05) is 13.1 Å². The Morgan fingerprint density at radius 2 is 1.67 bits per heavy atom. The molecule has 0 bridgehead atoms. The van der Waals surface area contributed by atoms with Crippen LogP contribution in [0.5, 0.6) is 0 Å². The number of hydrogen-bond acceptors (Lipinski definition) is 4. The van der Waals surface area contributed by atoms with Crippen LogP contribution in [0.1, 0.15) is 24.2 Å². The van der Waals surface area contributed by atoms with Crippen molar-refractivity contribution < 1.29 is 13.6 Å². The van der Waals surface area contributed by atoms with Crippen molar-refractivity contribution in [3.05, 3.63) is 59.7 Å². The molecule has 0 fully saturated rings. The Bertz CT molecular complexity index is 887. The summed E-state index contributed by atoms with van der Waals surface area (Å²) in [6.07, 6.45) is 0. The summed E-state index contributed by atoms with van der Waals surface area (Å²) >= 11 is 1.34. The van der Waals surface area contributed by atoms with Crippen LogP contribution in [0.15, 0.2) is 42.5 Å². The standard InChI is InChI=1S/C20H21F2N3OS/c1-3-24(4-2)12-13-25(19(26)18-14(21)8-7-9-15(18)22)20-23-16-10-5-6-11-17(16)27-20/h5-11H,3-4,12-13H2,1-2H3. The zero-order valence-corrected chi connectivity index (χ0v) is 16.1. The van der Waals surface area contributed by atoms with Crippen LogP contribution in [0.4, 0.5) is 13.9 Å². The number of benzene rings is 2. The normalized spacial score (nSPS) is 11.3. The quantitative estimate of drug-likeness (QED) is 0.594. The summed E-state index contributed by atoms with van der Waals surface area (Å²) in [6, 6.07) is 11.0. The van der Waals surface area contributed by atoms with Crippen molar-refractivity contribution in [1.29, 1.82) is 0 Å². The van der Waals surface area contributed by atoms with Gasteiger partial charge in [0.25, 0.3) is 5.91 Å². The van der Waals surface area contributed by atoms with Gasteiger partial charge < -0.3 is 4.90 Å². The van der Waals surface area contributed by atoms with Crippen LogP contribution in [0.2, 0.25) is 0 Å². The van der Waals surface area contributed by atoms with Crippen LogP contribution in [-0.2, 0) is 0 Å². The van der Waals surface area contributed by atoms with E-state index in [1.165, 1.54) is 22.3 Å². The molecule has 3 aromatic rings. The smallest absolute Gasteiger partial charge is 0.266 e. The third-order valence-electron chi connectivity index (χ3n) is 4.47. The Balaban J connectivity index is 1.99. The van der Waals surface area contributed by atoms with E-state index in [-0.39, 0.29) is 0 Å². The minimum atomic E-state index is -0.867. The van der Waals surface area contributed by atoms with Crippen molar-refractivity contribution in [1.82, 2.24) is 9.88 Å². The van der Waals surface area contributed by atoms with E-state index in [0.29, 0.717) is 18.2 Å². The maximum absolute atomic E-state index is 14.2. The summed E-state index contributed by atoms with van der Waals surface area (Å²) in [7, 11) is 0. The van der Waals surface area contributed by atoms with Gasteiger partial charge in [-0.2, -0.15) is 0 Å². The lowest BCUT2D eigenvalue weighted by Crippen LogP contribution is -2.39. The van der Waals surface area contributed by atoms with Gasteiger partial charge in [0.1, 0.15) is 17.2 Å². The second-order valence-corrected chi connectivity index (χ2v) is 7.05. The van der Waals surface area contributed by atoms with Crippen molar-refractivity contribution in [3.8, 4) is 0 Å². The summed E-state index contributed by atoms with van der Waals surface area (Å²) in [5, 5.41) is 0.441. The maximum atomic E-state index is 14.2. The number of rotatable bonds is 7. The number of anilines is 1. The number of carbonyl (C=O) groups excluding carboxylic acids is 1. The van der Waals surface area contributed by atoms with Gasteiger partial charge in [-0.3, -0.25) is 9.69 Å². The number of thiazole rings is 1. The molecule has 0 atom stereocenters. The molecule has 1 amide bonds. The average Bonchev–Trinajstić information content (AvgIpc) is 3.08. The fourth-order valence-electron chi connectivity index (χ4n) is 2.88. The number of hydrogen-bond donors (Lipinski definition) is 0. The summed E-state index contributed by atoms with van der Waals surface area (Å²) in [5.41, 5.74) is 0.212. The Morgan fingerprint density at radius 3 is 2.30 bits per heavy atom. The Hall–Kier alpha value is -2.38. The van der Waals surface area contributed by atoms with E-state index in [1.807, 2.05) is 38.1 Å². The number of para-hydroxylation sites is 1.